The fourth-order valence-electron chi connectivity index (χ4n) is 12.6. The summed E-state index contributed by atoms with van der Waals surface area (Å²) in [6.45, 7) is 6.09. The molecule has 6 aliphatic rings. The van der Waals surface area contributed by atoms with Gasteiger partial charge in [0.15, 0.2) is 23.2 Å². The molecule has 0 radical (unpaired) electrons. The summed E-state index contributed by atoms with van der Waals surface area (Å²) in [5, 5.41) is 57.8. The highest BCUT2D eigenvalue weighted by Crippen LogP contribution is 2.70. The molecule has 0 spiro atoms. The monoisotopic (exact) mass is 852 g/mol. The highest BCUT2D eigenvalue weighted by Gasteiger charge is 2.70. The number of hydrogen-bond acceptors (Lipinski definition) is 14. The van der Waals surface area contributed by atoms with E-state index in [4.69, 9.17) is 19.3 Å². The maximum atomic E-state index is 13.0. The van der Waals surface area contributed by atoms with Gasteiger partial charge in [0, 0.05) is 37.5 Å². The number of amides is 1. The standard InChI is InChI=1S/C44H64N6O11/c1-42-14-12-27(19-26(42)10-11-29-30(42)20-32(51)43(2)28(13-15-44(29,43)58)25-18-35(55)60-22-25)59-17-6-4-5-8-33(52)48-39-36-40(46-23-45-39)50(24-47-36)41-38(57)37(56)31(61-41)21-49(3)16-7-9-34(53)54/h18,23-24,26-32,37-38,41,51,56-58H,4-17,19-22H2,1-3H3,(H,53,54)(H,45,46,48,52)/t26-,27-,28-,29?,30+,31-,32-,37-,38-,41-,42+,43+,44+/m1/s1. The lowest BCUT2D eigenvalue weighted by molar-refractivity contribution is -0.245. The van der Waals surface area contributed by atoms with E-state index in [1.807, 2.05) is 4.90 Å². The average Bonchev–Trinajstić information content (AvgIpc) is 3.98. The van der Waals surface area contributed by atoms with Crippen LogP contribution in [0.5, 0.6) is 0 Å². The Kier molecular flexibility index (Phi) is 12.7. The number of nitrogens with zero attached hydrogens (tertiary/aromatic N) is 5. The Bertz CT molecular complexity index is 1980. The third-order valence-corrected chi connectivity index (χ3v) is 16.1. The zero-order valence-electron chi connectivity index (χ0n) is 35.7. The molecule has 4 heterocycles. The number of ether oxygens (including phenoxy) is 3. The van der Waals surface area contributed by atoms with Crippen LogP contribution in [0.2, 0.25) is 0 Å². The van der Waals surface area contributed by atoms with Gasteiger partial charge in [0.1, 0.15) is 31.2 Å². The number of cyclic esters (lactones) is 1. The topological polar surface area (TPSA) is 239 Å². The maximum absolute atomic E-state index is 13.0. The van der Waals surface area contributed by atoms with Gasteiger partial charge < -0.3 is 50.0 Å². The van der Waals surface area contributed by atoms with Crippen LogP contribution >= 0.6 is 0 Å². The van der Waals surface area contributed by atoms with Crippen molar-refractivity contribution >= 4 is 34.8 Å². The minimum absolute atomic E-state index is 0.0200. The van der Waals surface area contributed by atoms with E-state index in [1.54, 1.807) is 13.1 Å². The van der Waals surface area contributed by atoms with Gasteiger partial charge in [-0.05, 0) is 119 Å². The quantitative estimate of drug-likeness (QED) is 0.105. The molecule has 13 atom stereocenters. The summed E-state index contributed by atoms with van der Waals surface area (Å²) >= 11 is 0. The van der Waals surface area contributed by atoms with Crippen LogP contribution in [0.1, 0.15) is 110 Å². The maximum Gasteiger partial charge on any atom is 0.331 e. The number of carboxylic acids is 1. The van der Waals surface area contributed by atoms with Crippen molar-refractivity contribution in [1.82, 2.24) is 24.4 Å². The lowest BCUT2D eigenvalue weighted by Gasteiger charge is -2.65. The van der Waals surface area contributed by atoms with Crippen LogP contribution < -0.4 is 5.32 Å². The van der Waals surface area contributed by atoms with Crippen molar-refractivity contribution in [3.8, 4) is 0 Å². The molecule has 1 unspecified atom stereocenters. The fourth-order valence-corrected chi connectivity index (χ4v) is 12.6. The summed E-state index contributed by atoms with van der Waals surface area (Å²) in [4.78, 5) is 50.6. The molecule has 0 bridgehead atoms. The summed E-state index contributed by atoms with van der Waals surface area (Å²) in [7, 11) is 1.80. The molecule has 6 N–H and O–H groups in total. The third-order valence-electron chi connectivity index (χ3n) is 16.1. The highest BCUT2D eigenvalue weighted by molar-refractivity contribution is 5.96. The Morgan fingerprint density at radius 2 is 1.80 bits per heavy atom. The van der Waals surface area contributed by atoms with Crippen LogP contribution in [0.15, 0.2) is 24.3 Å². The Hall–Kier alpha value is -3.58. The number of esters is 1. The van der Waals surface area contributed by atoms with Gasteiger partial charge in [-0.1, -0.05) is 20.3 Å². The van der Waals surface area contributed by atoms with Crippen molar-refractivity contribution < 1.29 is 54.1 Å². The molecule has 5 fully saturated rings. The molecule has 4 saturated carbocycles. The molecular weight excluding hydrogens is 789 g/mol. The van der Waals surface area contributed by atoms with E-state index >= 15 is 0 Å². The van der Waals surface area contributed by atoms with Crippen molar-refractivity contribution in [3.05, 3.63) is 24.3 Å². The minimum atomic E-state index is -1.27. The fraction of sp³-hybridized carbons (Fsp3) is 0.773. The van der Waals surface area contributed by atoms with E-state index in [9.17, 15) is 34.8 Å². The van der Waals surface area contributed by atoms with Crippen LogP contribution in [0.3, 0.4) is 0 Å². The van der Waals surface area contributed by atoms with Crippen LogP contribution in [0, 0.1) is 34.5 Å². The number of carboxylic acid groups (broad SMARTS) is 1. The first kappa shape index (κ1) is 44.0. The summed E-state index contributed by atoms with van der Waals surface area (Å²) in [6, 6.07) is 0. The Labute approximate surface area is 356 Å². The van der Waals surface area contributed by atoms with Gasteiger partial charge in [0.2, 0.25) is 5.91 Å². The van der Waals surface area contributed by atoms with E-state index in [0.29, 0.717) is 62.3 Å². The van der Waals surface area contributed by atoms with Crippen LogP contribution in [-0.4, -0.2) is 137 Å². The van der Waals surface area contributed by atoms with Gasteiger partial charge in [0.05, 0.1) is 24.1 Å². The lowest BCUT2D eigenvalue weighted by atomic mass is 9.42. The van der Waals surface area contributed by atoms with Gasteiger partial charge >= 0.3 is 11.9 Å². The van der Waals surface area contributed by atoms with Crippen molar-refractivity contribution in [2.45, 2.75) is 146 Å². The molecule has 17 heteroatoms. The van der Waals surface area contributed by atoms with Crippen molar-refractivity contribution in [3.63, 3.8) is 0 Å². The normalized spacial score (nSPS) is 38.2. The van der Waals surface area contributed by atoms with E-state index in [-0.39, 0.29) is 66.5 Å². The molecule has 1 amide bonds. The largest absolute Gasteiger partial charge is 0.481 e. The zero-order valence-corrected chi connectivity index (χ0v) is 35.7. The predicted molar refractivity (Wildman–Crippen MR) is 220 cm³/mol. The second kappa shape index (κ2) is 17.5. The average molecular weight is 853 g/mol. The molecule has 2 aliphatic heterocycles. The molecule has 2 aromatic rings. The van der Waals surface area contributed by atoms with Crippen LogP contribution in [0.25, 0.3) is 11.2 Å². The van der Waals surface area contributed by atoms with Crippen LogP contribution in [-0.2, 0) is 28.6 Å². The number of hydrogen-bond donors (Lipinski definition) is 6. The highest BCUT2D eigenvalue weighted by atomic mass is 16.6. The number of rotatable bonds is 16. The Balaban J connectivity index is 0.773. The molecule has 0 aromatic carbocycles. The first-order chi connectivity index (χ1) is 29.1. The number of aromatic nitrogens is 4. The number of fused-ring (bicyclic) bond motifs is 6. The Morgan fingerprint density at radius 1 is 0.984 bits per heavy atom. The number of carbonyl (C=O) groups excluding carboxylic acids is 2. The molecule has 1 saturated heterocycles. The summed E-state index contributed by atoms with van der Waals surface area (Å²) in [5.74, 6) is -0.415. The number of aliphatic hydroxyl groups excluding tert-OH is 3. The molecule has 17 nitrogen and oxygen atoms in total. The SMILES string of the molecule is CN(CCCC(=O)O)C[C@H]1O[C@@H](n2cnc3c(NC(=O)CCCCCO[C@@H]4CC[C@@]5(C)[C@H](CCC6[C@@H]5C[C@@H](O)[C@]5(C)[C@@H](C7=CC(=O)OC7)CC[C@]65O)C4)ncnc32)[C@H](O)[C@@H]1O. The number of unbranched alkanes of at least 4 members (excludes halogenated alkanes) is 2. The van der Waals surface area contributed by atoms with E-state index in [2.05, 4.69) is 34.1 Å². The Morgan fingerprint density at radius 3 is 2.57 bits per heavy atom. The van der Waals surface area contributed by atoms with Gasteiger partial charge in [-0.2, -0.15) is 0 Å². The first-order valence-corrected chi connectivity index (χ1v) is 22.4. The molecular formula is C44H64N6O11. The zero-order chi connectivity index (χ0) is 43.3. The van der Waals surface area contributed by atoms with E-state index < -0.39 is 47.6 Å². The first-order valence-electron chi connectivity index (χ1n) is 22.4. The summed E-state index contributed by atoms with van der Waals surface area (Å²) < 4.78 is 19.3. The van der Waals surface area contributed by atoms with E-state index in [1.165, 1.54) is 17.2 Å². The lowest BCUT2D eigenvalue weighted by Crippen LogP contribution is -2.67. The summed E-state index contributed by atoms with van der Waals surface area (Å²) in [6.07, 6.45) is 9.73. The number of imidazole rings is 1. The number of likely N-dealkylation sites (N-methyl/N-ethyl adjacent to an activating group) is 1. The number of nitrogens with one attached hydrogen (secondary N) is 1. The van der Waals surface area contributed by atoms with Crippen molar-refractivity contribution in [2.24, 2.45) is 34.5 Å². The van der Waals surface area contributed by atoms with E-state index in [0.717, 1.165) is 56.9 Å². The molecule has 336 valence electrons. The molecule has 8 rings (SSSR count). The van der Waals surface area contributed by atoms with Gasteiger partial charge in [0.25, 0.3) is 0 Å². The number of carbonyl (C=O) groups is 3. The second-order valence-electron chi connectivity index (χ2n) is 19.3. The van der Waals surface area contributed by atoms with Crippen LogP contribution in [0.4, 0.5) is 5.82 Å². The number of aliphatic hydroxyl groups is 4. The van der Waals surface area contributed by atoms with Gasteiger partial charge in [-0.25, -0.2) is 19.7 Å². The number of anilines is 1. The van der Waals surface area contributed by atoms with Crippen molar-refractivity contribution in [1.29, 1.82) is 0 Å². The van der Waals surface area contributed by atoms with Gasteiger partial charge in [-0.15, -0.1) is 0 Å². The number of aliphatic carboxylic acids is 1. The van der Waals surface area contributed by atoms with Gasteiger partial charge in [-0.3, -0.25) is 14.2 Å². The second-order valence-corrected chi connectivity index (χ2v) is 19.3. The smallest absolute Gasteiger partial charge is 0.331 e. The predicted octanol–water partition coefficient (Wildman–Crippen LogP) is 3.35. The molecule has 2 aromatic heterocycles. The summed E-state index contributed by atoms with van der Waals surface area (Å²) in [5.41, 5.74) is -0.0890. The third kappa shape index (κ3) is 8.12. The minimum Gasteiger partial charge on any atom is -0.481 e. The molecule has 61 heavy (non-hydrogen) atoms. The molecule has 4 aliphatic carbocycles. The van der Waals surface area contributed by atoms with Crippen molar-refractivity contribution in [2.75, 3.05) is 38.7 Å².